The number of likely N-dealkylation sites (N-methyl/N-ethyl adjacent to an activating group) is 1. The molecule has 1 heterocycles. The lowest BCUT2D eigenvalue weighted by Crippen LogP contribution is -2.45. The Hall–Kier alpha value is -1.95. The van der Waals surface area contributed by atoms with Crippen molar-refractivity contribution in [2.75, 3.05) is 33.4 Å². The van der Waals surface area contributed by atoms with Crippen LogP contribution in [0, 0.1) is 5.82 Å². The molecule has 0 saturated carbocycles. The van der Waals surface area contributed by atoms with E-state index in [-0.39, 0.29) is 12.4 Å². The van der Waals surface area contributed by atoms with Crippen molar-refractivity contribution in [1.82, 2.24) is 9.80 Å². The summed E-state index contributed by atoms with van der Waals surface area (Å²) in [6.45, 7) is 3.87. The predicted molar refractivity (Wildman–Crippen MR) is 105 cm³/mol. The number of halogens is 1. The third kappa shape index (κ3) is 5.76. The van der Waals surface area contributed by atoms with Crippen LogP contribution in [-0.2, 0) is 13.1 Å². The van der Waals surface area contributed by atoms with Crippen LogP contribution in [0.1, 0.15) is 24.0 Å². The molecule has 0 bridgehead atoms. The largest absolute Gasteiger partial charge is 0.491 e. The van der Waals surface area contributed by atoms with E-state index in [9.17, 15) is 4.39 Å². The van der Waals surface area contributed by atoms with E-state index in [1.807, 2.05) is 24.3 Å². The second-order valence-electron chi connectivity index (χ2n) is 7.25. The molecule has 27 heavy (non-hydrogen) atoms. The first-order valence-electron chi connectivity index (χ1n) is 9.64. The van der Waals surface area contributed by atoms with E-state index >= 15 is 0 Å². The van der Waals surface area contributed by atoms with E-state index in [0.29, 0.717) is 19.2 Å². The maximum Gasteiger partial charge on any atom is 0.127 e. The Morgan fingerprint density at radius 2 is 1.96 bits per heavy atom. The maximum atomic E-state index is 13.9. The van der Waals surface area contributed by atoms with Crippen molar-refractivity contribution in [3.05, 3.63) is 65.5 Å². The molecule has 4 nitrogen and oxygen atoms in total. The number of benzene rings is 2. The topological polar surface area (TPSA) is 35.9 Å². The number of ether oxygens (including phenoxy) is 1. The van der Waals surface area contributed by atoms with Crippen LogP contribution in [0.4, 0.5) is 4.39 Å². The van der Waals surface area contributed by atoms with Gasteiger partial charge in [0.15, 0.2) is 0 Å². The fourth-order valence-electron chi connectivity index (χ4n) is 3.67. The van der Waals surface area contributed by atoms with Crippen molar-refractivity contribution < 1.29 is 14.2 Å². The summed E-state index contributed by atoms with van der Waals surface area (Å²) in [5.41, 5.74) is 2.01. The van der Waals surface area contributed by atoms with Gasteiger partial charge in [-0.25, -0.2) is 4.39 Å². The van der Waals surface area contributed by atoms with Crippen LogP contribution in [0.25, 0.3) is 0 Å². The van der Waals surface area contributed by atoms with Gasteiger partial charge in [0.25, 0.3) is 0 Å². The van der Waals surface area contributed by atoms with E-state index < -0.39 is 0 Å². The summed E-state index contributed by atoms with van der Waals surface area (Å²) < 4.78 is 19.3. The quantitative estimate of drug-likeness (QED) is 0.771. The van der Waals surface area contributed by atoms with Crippen molar-refractivity contribution in [1.29, 1.82) is 0 Å². The van der Waals surface area contributed by atoms with Crippen LogP contribution in [0.5, 0.6) is 5.75 Å². The molecule has 0 aliphatic carbocycles. The monoisotopic (exact) mass is 372 g/mol. The number of likely N-dealkylation sites (tertiary alicyclic amines) is 1. The summed E-state index contributed by atoms with van der Waals surface area (Å²) >= 11 is 0. The number of aliphatic hydroxyl groups is 1. The predicted octanol–water partition coefficient (Wildman–Crippen LogP) is 3.29. The fourth-order valence-corrected chi connectivity index (χ4v) is 3.67. The minimum absolute atomic E-state index is 0.0234. The highest BCUT2D eigenvalue weighted by atomic mass is 19.1. The minimum atomic E-state index is -0.114. The summed E-state index contributed by atoms with van der Waals surface area (Å²) in [5.74, 6) is 0.667. The molecule has 1 N–H and O–H groups in total. The van der Waals surface area contributed by atoms with Crippen LogP contribution in [0.3, 0.4) is 0 Å². The zero-order chi connectivity index (χ0) is 19.1. The van der Waals surface area contributed by atoms with Gasteiger partial charge in [-0.2, -0.15) is 0 Å². The Kier molecular flexibility index (Phi) is 7.21. The Bertz CT molecular complexity index is 708. The zero-order valence-electron chi connectivity index (χ0n) is 16.0. The molecule has 0 unspecified atom stereocenters. The zero-order valence-corrected chi connectivity index (χ0v) is 16.0. The molecular weight excluding hydrogens is 343 g/mol. The van der Waals surface area contributed by atoms with Crippen LogP contribution in [-0.4, -0.2) is 54.3 Å². The van der Waals surface area contributed by atoms with Gasteiger partial charge < -0.3 is 9.84 Å². The van der Waals surface area contributed by atoms with E-state index in [4.69, 9.17) is 9.84 Å². The Labute approximate surface area is 161 Å². The van der Waals surface area contributed by atoms with Gasteiger partial charge in [-0.05, 0) is 50.2 Å². The molecule has 1 saturated heterocycles. The lowest BCUT2D eigenvalue weighted by atomic mass is 10.0. The van der Waals surface area contributed by atoms with Crippen LogP contribution < -0.4 is 4.74 Å². The van der Waals surface area contributed by atoms with E-state index in [1.165, 1.54) is 18.1 Å². The van der Waals surface area contributed by atoms with Gasteiger partial charge in [0.1, 0.15) is 18.2 Å². The summed E-state index contributed by atoms with van der Waals surface area (Å²) in [4.78, 5) is 4.74. The highest BCUT2D eigenvalue weighted by molar-refractivity contribution is 5.27. The van der Waals surface area contributed by atoms with Gasteiger partial charge in [0.05, 0.1) is 6.61 Å². The second kappa shape index (κ2) is 9.83. The number of nitrogens with zero attached hydrogens (tertiary/aromatic N) is 2. The smallest absolute Gasteiger partial charge is 0.127 e. The number of rotatable bonds is 8. The number of aliphatic hydroxyl groups excluding tert-OH is 1. The molecule has 0 amide bonds. The van der Waals surface area contributed by atoms with Crippen molar-refractivity contribution in [3.8, 4) is 5.75 Å². The third-order valence-corrected chi connectivity index (χ3v) is 5.17. The molecule has 1 aliphatic rings. The summed E-state index contributed by atoms with van der Waals surface area (Å²) in [6, 6.07) is 15.6. The molecule has 0 spiro atoms. The standard InChI is InChI=1S/C22H29FN2O2/c1-24(15-18-8-10-21(11-9-18)27-14-13-26)20-6-4-12-25(17-20)16-19-5-2-3-7-22(19)23/h2-3,5,7-11,20,26H,4,6,12-17H2,1H3/t20-/m0/s1. The van der Waals surface area contributed by atoms with E-state index in [2.05, 4.69) is 29.0 Å². The van der Waals surface area contributed by atoms with Crippen LogP contribution >= 0.6 is 0 Å². The van der Waals surface area contributed by atoms with Gasteiger partial charge in [-0.15, -0.1) is 0 Å². The first kappa shape index (κ1) is 19.8. The van der Waals surface area contributed by atoms with Gasteiger partial charge in [0.2, 0.25) is 0 Å². The third-order valence-electron chi connectivity index (χ3n) is 5.17. The van der Waals surface area contributed by atoms with Crippen molar-refractivity contribution >= 4 is 0 Å². The Morgan fingerprint density at radius 3 is 2.70 bits per heavy atom. The first-order valence-corrected chi connectivity index (χ1v) is 9.64. The Balaban J connectivity index is 1.53. The lowest BCUT2D eigenvalue weighted by Gasteiger charge is -2.37. The molecule has 1 aliphatic heterocycles. The van der Waals surface area contributed by atoms with Gasteiger partial charge in [-0.3, -0.25) is 9.80 Å². The fraction of sp³-hybridized carbons (Fsp3) is 0.455. The van der Waals surface area contributed by atoms with E-state index in [0.717, 1.165) is 37.4 Å². The van der Waals surface area contributed by atoms with Crippen molar-refractivity contribution in [2.24, 2.45) is 0 Å². The molecule has 1 fully saturated rings. The van der Waals surface area contributed by atoms with Gasteiger partial charge >= 0.3 is 0 Å². The molecule has 1 atom stereocenters. The molecular formula is C22H29FN2O2. The SMILES string of the molecule is CN(Cc1ccc(OCCO)cc1)[C@H]1CCCN(Cc2ccccc2F)C1. The van der Waals surface area contributed by atoms with Crippen molar-refractivity contribution in [3.63, 3.8) is 0 Å². The average molecular weight is 372 g/mol. The number of piperidine rings is 1. The van der Waals surface area contributed by atoms with Gasteiger partial charge in [0, 0.05) is 31.2 Å². The normalized spacial score (nSPS) is 18.0. The van der Waals surface area contributed by atoms with Crippen LogP contribution in [0.2, 0.25) is 0 Å². The molecule has 3 rings (SSSR count). The molecule has 5 heteroatoms. The molecule has 2 aromatic rings. The molecule has 146 valence electrons. The first-order chi connectivity index (χ1) is 13.2. The summed E-state index contributed by atoms with van der Waals surface area (Å²) in [5, 5.41) is 8.82. The number of hydrogen-bond acceptors (Lipinski definition) is 4. The molecule has 0 radical (unpaired) electrons. The minimum Gasteiger partial charge on any atom is -0.491 e. The summed E-state index contributed by atoms with van der Waals surface area (Å²) in [7, 11) is 2.16. The van der Waals surface area contributed by atoms with Gasteiger partial charge in [-0.1, -0.05) is 30.3 Å². The molecule has 0 aromatic heterocycles. The molecule has 2 aromatic carbocycles. The maximum absolute atomic E-state index is 13.9. The highest BCUT2D eigenvalue weighted by Gasteiger charge is 2.23. The highest BCUT2D eigenvalue weighted by Crippen LogP contribution is 2.20. The second-order valence-corrected chi connectivity index (χ2v) is 7.25. The van der Waals surface area contributed by atoms with Crippen molar-refractivity contribution in [2.45, 2.75) is 32.0 Å². The Morgan fingerprint density at radius 1 is 1.19 bits per heavy atom. The lowest BCUT2D eigenvalue weighted by molar-refractivity contribution is 0.106. The number of hydrogen-bond donors (Lipinski definition) is 1. The average Bonchev–Trinajstić information content (AvgIpc) is 2.69. The van der Waals surface area contributed by atoms with E-state index in [1.54, 1.807) is 6.07 Å². The summed E-state index contributed by atoms with van der Waals surface area (Å²) in [6.07, 6.45) is 2.30. The van der Waals surface area contributed by atoms with Crippen LogP contribution in [0.15, 0.2) is 48.5 Å².